The number of sulfonamides is 1. The highest BCUT2D eigenvalue weighted by Gasteiger charge is 2.17. The van der Waals surface area contributed by atoms with E-state index >= 15 is 0 Å². The molecule has 0 aliphatic rings. The minimum atomic E-state index is -3.69. The molecule has 1 heterocycles. The molecule has 0 saturated carbocycles. The van der Waals surface area contributed by atoms with Crippen LogP contribution in [0, 0.1) is 27.7 Å². The van der Waals surface area contributed by atoms with Gasteiger partial charge in [0.25, 0.3) is 5.56 Å². The van der Waals surface area contributed by atoms with Gasteiger partial charge in [-0.1, -0.05) is 17.7 Å². The Morgan fingerprint density at radius 1 is 0.923 bits per heavy atom. The molecule has 136 valence electrons. The van der Waals surface area contributed by atoms with E-state index in [1.807, 2.05) is 39.0 Å². The highest BCUT2D eigenvalue weighted by Crippen LogP contribution is 2.19. The molecule has 3 rings (SSSR count). The van der Waals surface area contributed by atoms with E-state index in [0.29, 0.717) is 11.1 Å². The molecule has 1 aromatic heterocycles. The average Bonchev–Trinajstić information content (AvgIpc) is 2.54. The zero-order valence-electron chi connectivity index (χ0n) is 15.3. The number of aryl methyl sites for hydroxylation is 4. The van der Waals surface area contributed by atoms with Gasteiger partial charge in [-0.05, 0) is 74.0 Å². The third kappa shape index (κ3) is 3.57. The number of fused-ring (bicyclic) bond motifs is 1. The highest BCUT2D eigenvalue weighted by molar-refractivity contribution is 7.89. The van der Waals surface area contributed by atoms with E-state index in [1.54, 1.807) is 25.1 Å². The van der Waals surface area contributed by atoms with Gasteiger partial charge in [0, 0.05) is 17.6 Å². The SMILES string of the molecule is Cc1ccc(S(=O)(=O)NCc2cc3cc(C)c(C)cc3[nH]c2=O)c(C)c1. The van der Waals surface area contributed by atoms with Gasteiger partial charge in [0.2, 0.25) is 10.0 Å². The van der Waals surface area contributed by atoms with E-state index in [2.05, 4.69) is 9.71 Å². The number of aromatic nitrogens is 1. The van der Waals surface area contributed by atoms with Crippen LogP contribution in [0.2, 0.25) is 0 Å². The summed E-state index contributed by atoms with van der Waals surface area (Å²) >= 11 is 0. The number of hydrogen-bond acceptors (Lipinski definition) is 3. The summed E-state index contributed by atoms with van der Waals surface area (Å²) in [5, 5.41) is 0.883. The lowest BCUT2D eigenvalue weighted by Gasteiger charge is -2.11. The second-order valence-corrected chi connectivity index (χ2v) is 8.48. The van der Waals surface area contributed by atoms with Gasteiger partial charge in [0.1, 0.15) is 0 Å². The van der Waals surface area contributed by atoms with Crippen molar-refractivity contribution in [3.63, 3.8) is 0 Å². The summed E-state index contributed by atoms with van der Waals surface area (Å²) in [5.74, 6) is 0. The first-order valence-corrected chi connectivity index (χ1v) is 9.86. The van der Waals surface area contributed by atoms with E-state index in [9.17, 15) is 13.2 Å². The fraction of sp³-hybridized carbons (Fsp3) is 0.250. The Balaban J connectivity index is 1.92. The largest absolute Gasteiger partial charge is 0.322 e. The summed E-state index contributed by atoms with van der Waals surface area (Å²) in [6.07, 6.45) is 0. The van der Waals surface area contributed by atoms with Gasteiger partial charge in [-0.25, -0.2) is 13.1 Å². The van der Waals surface area contributed by atoms with Gasteiger partial charge in [-0.3, -0.25) is 4.79 Å². The Morgan fingerprint density at radius 3 is 2.31 bits per heavy atom. The van der Waals surface area contributed by atoms with Crippen molar-refractivity contribution in [1.29, 1.82) is 0 Å². The Labute approximate surface area is 153 Å². The van der Waals surface area contributed by atoms with Crippen LogP contribution < -0.4 is 10.3 Å². The van der Waals surface area contributed by atoms with E-state index in [4.69, 9.17) is 0 Å². The first-order valence-electron chi connectivity index (χ1n) is 8.37. The molecular weight excluding hydrogens is 348 g/mol. The van der Waals surface area contributed by atoms with Crippen LogP contribution >= 0.6 is 0 Å². The van der Waals surface area contributed by atoms with Gasteiger partial charge in [0.15, 0.2) is 0 Å². The molecule has 0 unspecified atom stereocenters. The first-order chi connectivity index (χ1) is 12.2. The quantitative estimate of drug-likeness (QED) is 0.740. The normalized spacial score (nSPS) is 11.8. The standard InChI is InChI=1S/C20H22N2O3S/c1-12-5-6-19(15(4)7-12)26(24,25)21-11-17-10-16-8-13(2)14(3)9-18(16)22-20(17)23/h5-10,21H,11H2,1-4H3,(H,22,23). The van der Waals surface area contributed by atoms with Crippen LogP contribution in [0.5, 0.6) is 0 Å². The molecule has 0 bridgehead atoms. The number of H-pyrrole nitrogens is 1. The van der Waals surface area contributed by atoms with Gasteiger partial charge < -0.3 is 4.98 Å². The van der Waals surface area contributed by atoms with Crippen LogP contribution in [0.3, 0.4) is 0 Å². The van der Waals surface area contributed by atoms with Crippen molar-refractivity contribution in [3.05, 3.63) is 74.6 Å². The number of pyridine rings is 1. The number of nitrogens with one attached hydrogen (secondary N) is 2. The minimum Gasteiger partial charge on any atom is -0.322 e. The van der Waals surface area contributed by atoms with Crippen molar-refractivity contribution in [2.24, 2.45) is 0 Å². The molecule has 0 amide bonds. The third-order valence-electron chi connectivity index (χ3n) is 4.61. The average molecular weight is 370 g/mol. The van der Waals surface area contributed by atoms with Crippen molar-refractivity contribution in [2.75, 3.05) is 0 Å². The van der Waals surface area contributed by atoms with Gasteiger partial charge in [0.05, 0.1) is 4.90 Å². The van der Waals surface area contributed by atoms with Crippen molar-refractivity contribution in [2.45, 2.75) is 39.1 Å². The predicted octanol–water partition coefficient (Wildman–Crippen LogP) is 3.24. The Bertz CT molecular complexity index is 1160. The summed E-state index contributed by atoms with van der Waals surface area (Å²) in [4.78, 5) is 15.4. The number of aromatic amines is 1. The Kier molecular flexibility index (Phi) is 4.73. The van der Waals surface area contributed by atoms with E-state index in [-0.39, 0.29) is 17.0 Å². The minimum absolute atomic E-state index is 0.0617. The molecule has 0 aliphatic carbocycles. The molecule has 5 nitrogen and oxygen atoms in total. The van der Waals surface area contributed by atoms with E-state index in [1.165, 1.54) is 0 Å². The van der Waals surface area contributed by atoms with Crippen LogP contribution in [-0.2, 0) is 16.6 Å². The van der Waals surface area contributed by atoms with E-state index in [0.717, 1.165) is 27.6 Å². The second kappa shape index (κ2) is 6.70. The molecule has 0 saturated heterocycles. The summed E-state index contributed by atoms with van der Waals surface area (Å²) < 4.78 is 27.7. The van der Waals surface area contributed by atoms with Crippen LogP contribution in [-0.4, -0.2) is 13.4 Å². The van der Waals surface area contributed by atoms with Gasteiger partial charge >= 0.3 is 0 Å². The van der Waals surface area contributed by atoms with Crippen molar-refractivity contribution in [1.82, 2.24) is 9.71 Å². The molecule has 0 spiro atoms. The van der Waals surface area contributed by atoms with Gasteiger partial charge in [-0.2, -0.15) is 0 Å². The van der Waals surface area contributed by atoms with Crippen LogP contribution in [0.4, 0.5) is 0 Å². The monoisotopic (exact) mass is 370 g/mol. The van der Waals surface area contributed by atoms with Crippen LogP contribution in [0.25, 0.3) is 10.9 Å². The molecule has 6 heteroatoms. The molecule has 0 radical (unpaired) electrons. The molecule has 2 aromatic carbocycles. The maximum absolute atomic E-state index is 12.6. The third-order valence-corrected chi connectivity index (χ3v) is 6.17. The van der Waals surface area contributed by atoms with Crippen LogP contribution in [0.1, 0.15) is 27.8 Å². The summed E-state index contributed by atoms with van der Waals surface area (Å²) in [6, 6.07) is 10.8. The molecular formula is C20H22N2O3S. The lowest BCUT2D eigenvalue weighted by atomic mass is 10.1. The molecule has 2 N–H and O–H groups in total. The summed E-state index contributed by atoms with van der Waals surface area (Å²) in [7, 11) is -3.69. The maximum Gasteiger partial charge on any atom is 0.252 e. The maximum atomic E-state index is 12.6. The highest BCUT2D eigenvalue weighted by atomic mass is 32.2. The van der Waals surface area contributed by atoms with Crippen molar-refractivity contribution >= 4 is 20.9 Å². The Hall–Kier alpha value is -2.44. The molecule has 26 heavy (non-hydrogen) atoms. The number of benzene rings is 2. The molecule has 0 atom stereocenters. The number of hydrogen-bond donors (Lipinski definition) is 2. The molecule has 0 fully saturated rings. The lowest BCUT2D eigenvalue weighted by molar-refractivity contribution is 0.580. The smallest absolute Gasteiger partial charge is 0.252 e. The molecule has 3 aromatic rings. The van der Waals surface area contributed by atoms with E-state index < -0.39 is 10.0 Å². The zero-order chi connectivity index (χ0) is 19.1. The topological polar surface area (TPSA) is 79.0 Å². The first kappa shape index (κ1) is 18.4. The second-order valence-electron chi connectivity index (χ2n) is 6.74. The van der Waals surface area contributed by atoms with Gasteiger partial charge in [-0.15, -0.1) is 0 Å². The van der Waals surface area contributed by atoms with Crippen molar-refractivity contribution in [3.8, 4) is 0 Å². The fourth-order valence-electron chi connectivity index (χ4n) is 3.00. The molecule has 0 aliphatic heterocycles. The predicted molar refractivity (Wildman–Crippen MR) is 104 cm³/mol. The van der Waals surface area contributed by atoms with Crippen LogP contribution in [0.15, 0.2) is 46.1 Å². The lowest BCUT2D eigenvalue weighted by Crippen LogP contribution is -2.27. The van der Waals surface area contributed by atoms with Crippen molar-refractivity contribution < 1.29 is 8.42 Å². The fourth-order valence-corrected chi connectivity index (χ4v) is 4.24. The Morgan fingerprint density at radius 2 is 1.62 bits per heavy atom. The number of rotatable bonds is 4. The summed E-state index contributed by atoms with van der Waals surface area (Å²) in [6.45, 7) is 7.60. The zero-order valence-corrected chi connectivity index (χ0v) is 16.1. The summed E-state index contributed by atoms with van der Waals surface area (Å²) in [5.41, 5.74) is 4.73.